The van der Waals surface area contributed by atoms with Gasteiger partial charge >= 0.3 is 0 Å². The Morgan fingerprint density at radius 3 is 2.73 bits per heavy atom. The van der Waals surface area contributed by atoms with Crippen LogP contribution in [0.15, 0.2) is 23.3 Å². The molecule has 142 valence electrons. The van der Waals surface area contributed by atoms with Gasteiger partial charge in [0.15, 0.2) is 23.2 Å². The lowest BCUT2D eigenvalue weighted by molar-refractivity contribution is -0.134. The second-order valence-corrected chi connectivity index (χ2v) is 6.23. The molecule has 1 aliphatic rings. The number of hydrogen-bond donors (Lipinski definition) is 2. The summed E-state index contributed by atoms with van der Waals surface area (Å²) in [6.45, 7) is 4.05. The van der Waals surface area contributed by atoms with Gasteiger partial charge < -0.3 is 19.7 Å². The first-order chi connectivity index (χ1) is 12.6. The molecule has 1 fully saturated rings. The average molecular weight is 378 g/mol. The smallest absolute Gasteiger partial charge is 0.260 e. The minimum absolute atomic E-state index is 0.0163. The number of amides is 1. The maximum atomic E-state index is 12.3. The highest BCUT2D eigenvalue weighted by molar-refractivity contribution is 7.80. The number of nitrogens with one attached hydrogen (secondary N) is 2. The molecule has 1 aliphatic heterocycles. The standard InChI is InChI=1S/C18H26N4O3S/c1-3-24-16-11-14(12-20-21-18(26)19-2)7-8-15(16)25-13-17(23)22-9-5-4-6-10-22/h7-8,11-12H,3-6,9-10,13H2,1-2H3,(H2,19,21,26)/b20-12+. The number of nitrogens with zero attached hydrogens (tertiary/aromatic N) is 2. The molecule has 1 aromatic rings. The van der Waals surface area contributed by atoms with Gasteiger partial charge in [-0.15, -0.1) is 0 Å². The normalized spacial score (nSPS) is 14.2. The molecule has 0 saturated carbocycles. The number of piperidine rings is 1. The minimum Gasteiger partial charge on any atom is -0.490 e. The van der Waals surface area contributed by atoms with E-state index in [1.54, 1.807) is 19.3 Å². The van der Waals surface area contributed by atoms with Crippen LogP contribution in [-0.2, 0) is 4.79 Å². The van der Waals surface area contributed by atoms with Gasteiger partial charge in [-0.3, -0.25) is 10.2 Å². The van der Waals surface area contributed by atoms with E-state index in [-0.39, 0.29) is 12.5 Å². The molecule has 0 unspecified atom stereocenters. The van der Waals surface area contributed by atoms with Gasteiger partial charge in [-0.05, 0) is 62.2 Å². The van der Waals surface area contributed by atoms with E-state index in [1.165, 1.54) is 6.42 Å². The Morgan fingerprint density at radius 2 is 2.04 bits per heavy atom. The van der Waals surface area contributed by atoms with Crippen LogP contribution in [0.3, 0.4) is 0 Å². The maximum Gasteiger partial charge on any atom is 0.260 e. The molecule has 2 rings (SSSR count). The summed E-state index contributed by atoms with van der Waals surface area (Å²) in [4.78, 5) is 14.1. The number of carbonyl (C=O) groups excluding carboxylic acids is 1. The molecule has 1 amide bonds. The Bertz CT molecular complexity index is 645. The number of ether oxygens (including phenoxy) is 2. The summed E-state index contributed by atoms with van der Waals surface area (Å²) in [5, 5.41) is 7.25. The van der Waals surface area contributed by atoms with Crippen LogP contribution in [-0.4, -0.2) is 55.5 Å². The first kappa shape index (κ1) is 20.0. The van der Waals surface area contributed by atoms with Crippen molar-refractivity contribution in [3.8, 4) is 11.5 Å². The molecule has 1 aromatic carbocycles. The number of likely N-dealkylation sites (tertiary alicyclic amines) is 1. The molecule has 0 spiro atoms. The summed E-state index contributed by atoms with van der Waals surface area (Å²) in [5.41, 5.74) is 3.52. The number of hydrogen-bond acceptors (Lipinski definition) is 5. The fourth-order valence-electron chi connectivity index (χ4n) is 2.59. The van der Waals surface area contributed by atoms with Crippen LogP contribution < -0.4 is 20.2 Å². The number of thiocarbonyl (C=S) groups is 1. The fourth-order valence-corrected chi connectivity index (χ4v) is 2.64. The van der Waals surface area contributed by atoms with Crippen molar-refractivity contribution in [3.05, 3.63) is 23.8 Å². The lowest BCUT2D eigenvalue weighted by Crippen LogP contribution is -2.38. The Kier molecular flexibility index (Phi) is 8.14. The van der Waals surface area contributed by atoms with Crippen molar-refractivity contribution in [2.45, 2.75) is 26.2 Å². The summed E-state index contributed by atoms with van der Waals surface area (Å²) in [7, 11) is 1.72. The third-order valence-electron chi connectivity index (χ3n) is 3.93. The van der Waals surface area contributed by atoms with Gasteiger partial charge in [-0.2, -0.15) is 5.10 Å². The van der Waals surface area contributed by atoms with Crippen molar-refractivity contribution in [1.29, 1.82) is 0 Å². The average Bonchev–Trinajstić information content (AvgIpc) is 2.68. The molecule has 0 aliphatic carbocycles. The molecule has 0 radical (unpaired) electrons. The highest BCUT2D eigenvalue weighted by Gasteiger charge is 2.17. The van der Waals surface area contributed by atoms with Crippen molar-refractivity contribution in [2.24, 2.45) is 5.10 Å². The number of hydrazone groups is 1. The van der Waals surface area contributed by atoms with Crippen LogP contribution in [0, 0.1) is 0 Å². The minimum atomic E-state index is 0.0163. The van der Waals surface area contributed by atoms with Crippen LogP contribution in [0.2, 0.25) is 0 Å². The van der Waals surface area contributed by atoms with Crippen molar-refractivity contribution in [1.82, 2.24) is 15.6 Å². The fraction of sp³-hybridized carbons (Fsp3) is 0.500. The van der Waals surface area contributed by atoms with Crippen LogP contribution in [0.4, 0.5) is 0 Å². The zero-order valence-electron chi connectivity index (χ0n) is 15.3. The van der Waals surface area contributed by atoms with Gasteiger partial charge in [-0.1, -0.05) is 0 Å². The van der Waals surface area contributed by atoms with Crippen molar-refractivity contribution >= 4 is 29.5 Å². The van der Waals surface area contributed by atoms with Gasteiger partial charge in [0.25, 0.3) is 5.91 Å². The van der Waals surface area contributed by atoms with E-state index in [0.717, 1.165) is 31.5 Å². The number of carbonyl (C=O) groups is 1. The molecule has 1 heterocycles. The van der Waals surface area contributed by atoms with Crippen LogP contribution >= 0.6 is 12.2 Å². The molecule has 2 N–H and O–H groups in total. The molecule has 8 heteroatoms. The van der Waals surface area contributed by atoms with Crippen molar-refractivity contribution in [3.63, 3.8) is 0 Å². The van der Waals surface area contributed by atoms with E-state index in [9.17, 15) is 4.79 Å². The molecule has 0 aromatic heterocycles. The largest absolute Gasteiger partial charge is 0.490 e. The van der Waals surface area contributed by atoms with E-state index >= 15 is 0 Å². The quantitative estimate of drug-likeness (QED) is 0.429. The van der Waals surface area contributed by atoms with Gasteiger partial charge in [0.1, 0.15) is 0 Å². The molecule has 0 atom stereocenters. The first-order valence-corrected chi connectivity index (χ1v) is 9.23. The summed E-state index contributed by atoms with van der Waals surface area (Å²) in [5.74, 6) is 1.15. The molecule has 7 nitrogen and oxygen atoms in total. The summed E-state index contributed by atoms with van der Waals surface area (Å²) >= 11 is 4.95. The summed E-state index contributed by atoms with van der Waals surface area (Å²) in [6.07, 6.45) is 4.95. The van der Waals surface area contributed by atoms with Gasteiger partial charge in [-0.25, -0.2) is 0 Å². The third-order valence-corrected chi connectivity index (χ3v) is 4.23. The summed E-state index contributed by atoms with van der Waals surface area (Å²) in [6, 6.07) is 5.45. The van der Waals surface area contributed by atoms with Crippen LogP contribution in [0.1, 0.15) is 31.7 Å². The molecule has 0 bridgehead atoms. The van der Waals surface area contributed by atoms with E-state index < -0.39 is 0 Å². The van der Waals surface area contributed by atoms with Gasteiger partial charge in [0, 0.05) is 20.1 Å². The number of rotatable bonds is 7. The third kappa shape index (κ3) is 6.18. The molecule has 26 heavy (non-hydrogen) atoms. The van der Waals surface area contributed by atoms with Gasteiger partial charge in [0.05, 0.1) is 12.8 Å². The van der Waals surface area contributed by atoms with Crippen molar-refractivity contribution < 1.29 is 14.3 Å². The monoisotopic (exact) mass is 378 g/mol. The molecule has 1 saturated heterocycles. The van der Waals surface area contributed by atoms with E-state index in [0.29, 0.717) is 23.2 Å². The summed E-state index contributed by atoms with van der Waals surface area (Å²) < 4.78 is 11.3. The van der Waals surface area contributed by atoms with E-state index in [2.05, 4.69) is 15.8 Å². The topological polar surface area (TPSA) is 75.2 Å². The predicted molar refractivity (Wildman–Crippen MR) is 106 cm³/mol. The second-order valence-electron chi connectivity index (χ2n) is 5.82. The second kappa shape index (κ2) is 10.6. The first-order valence-electron chi connectivity index (χ1n) is 8.82. The Balaban J connectivity index is 1.98. The van der Waals surface area contributed by atoms with E-state index in [1.807, 2.05) is 24.0 Å². The molecular formula is C18H26N4O3S. The zero-order valence-corrected chi connectivity index (χ0v) is 16.1. The SMILES string of the molecule is CCOc1cc(/C=N/NC(=S)NC)ccc1OCC(=O)N1CCCCC1. The molecular weight excluding hydrogens is 352 g/mol. The Labute approximate surface area is 159 Å². The van der Waals surface area contributed by atoms with E-state index in [4.69, 9.17) is 21.7 Å². The Hall–Kier alpha value is -2.35. The van der Waals surface area contributed by atoms with Crippen molar-refractivity contribution in [2.75, 3.05) is 33.4 Å². The predicted octanol–water partition coefficient (Wildman–Crippen LogP) is 1.90. The van der Waals surface area contributed by atoms with Gasteiger partial charge in [0.2, 0.25) is 0 Å². The highest BCUT2D eigenvalue weighted by Crippen LogP contribution is 2.28. The van der Waals surface area contributed by atoms with Crippen LogP contribution in [0.25, 0.3) is 0 Å². The Morgan fingerprint density at radius 1 is 1.27 bits per heavy atom. The highest BCUT2D eigenvalue weighted by atomic mass is 32.1. The lowest BCUT2D eigenvalue weighted by Gasteiger charge is -2.26. The number of benzene rings is 1. The lowest BCUT2D eigenvalue weighted by atomic mass is 10.1. The maximum absolute atomic E-state index is 12.3. The van der Waals surface area contributed by atoms with Crippen LogP contribution in [0.5, 0.6) is 11.5 Å². The zero-order chi connectivity index (χ0) is 18.8.